The number of likely N-dealkylation sites (tertiary alicyclic amines) is 1. The Bertz CT molecular complexity index is 489. The third-order valence-corrected chi connectivity index (χ3v) is 4.69. The lowest BCUT2D eigenvalue weighted by Gasteiger charge is -2.40. The van der Waals surface area contributed by atoms with Gasteiger partial charge in [0.15, 0.2) is 0 Å². The van der Waals surface area contributed by atoms with Gasteiger partial charge in [0.1, 0.15) is 5.82 Å². The van der Waals surface area contributed by atoms with Gasteiger partial charge in [-0.05, 0) is 45.7 Å². The van der Waals surface area contributed by atoms with Gasteiger partial charge in [-0.2, -0.15) is 0 Å². The molecule has 2 rings (SSSR count). The zero-order valence-electron chi connectivity index (χ0n) is 13.6. The van der Waals surface area contributed by atoms with Crippen LogP contribution in [-0.2, 0) is 16.1 Å². The zero-order chi connectivity index (χ0) is 16.0. The topological polar surface area (TPSA) is 67.6 Å². The summed E-state index contributed by atoms with van der Waals surface area (Å²) in [6, 6.07) is 0. The average Bonchev–Trinajstić information content (AvgIpc) is 2.91. The first kappa shape index (κ1) is 17.0. The van der Waals surface area contributed by atoms with Gasteiger partial charge in [-0.1, -0.05) is 0 Å². The highest BCUT2D eigenvalue weighted by atomic mass is 16.5. The number of rotatable bonds is 8. The molecule has 0 amide bonds. The maximum absolute atomic E-state index is 11.7. The highest BCUT2D eigenvalue weighted by Crippen LogP contribution is 2.34. The summed E-state index contributed by atoms with van der Waals surface area (Å²) in [7, 11) is 1.63. The molecule has 1 aliphatic rings. The summed E-state index contributed by atoms with van der Waals surface area (Å²) in [6.07, 6.45) is 7.11. The molecule has 1 aromatic heterocycles. The first-order chi connectivity index (χ1) is 10.6. The fraction of sp³-hybridized carbons (Fsp3) is 0.750. The number of aliphatic carboxylic acids is 1. The summed E-state index contributed by atoms with van der Waals surface area (Å²) in [6.45, 7) is 6.00. The molecule has 0 spiro atoms. The van der Waals surface area contributed by atoms with Crippen molar-refractivity contribution in [2.75, 3.05) is 33.4 Å². The number of nitrogens with zero attached hydrogens (tertiary/aromatic N) is 3. The third-order valence-electron chi connectivity index (χ3n) is 4.69. The Kier molecular flexibility index (Phi) is 5.97. The molecule has 2 heterocycles. The molecule has 22 heavy (non-hydrogen) atoms. The van der Waals surface area contributed by atoms with E-state index < -0.39 is 11.4 Å². The van der Waals surface area contributed by atoms with Crippen LogP contribution < -0.4 is 0 Å². The number of hydrogen-bond donors (Lipinski definition) is 1. The number of piperidine rings is 1. The second-order valence-electron chi connectivity index (χ2n) is 6.23. The number of carboxylic acid groups (broad SMARTS) is 1. The quantitative estimate of drug-likeness (QED) is 0.793. The van der Waals surface area contributed by atoms with Crippen LogP contribution in [0, 0.1) is 12.3 Å². The van der Waals surface area contributed by atoms with Crippen molar-refractivity contribution in [2.45, 2.75) is 39.2 Å². The molecule has 1 unspecified atom stereocenters. The molecule has 1 N–H and O–H groups in total. The number of carboxylic acids is 1. The number of aromatic nitrogens is 2. The van der Waals surface area contributed by atoms with Crippen molar-refractivity contribution in [3.8, 4) is 0 Å². The Morgan fingerprint density at radius 3 is 2.95 bits per heavy atom. The van der Waals surface area contributed by atoms with Crippen LogP contribution in [0.25, 0.3) is 0 Å². The van der Waals surface area contributed by atoms with Crippen LogP contribution in [0.1, 0.15) is 31.5 Å². The third kappa shape index (κ3) is 4.08. The van der Waals surface area contributed by atoms with Crippen molar-refractivity contribution in [1.29, 1.82) is 0 Å². The summed E-state index contributed by atoms with van der Waals surface area (Å²) < 4.78 is 7.24. The smallest absolute Gasteiger partial charge is 0.311 e. The summed E-state index contributed by atoms with van der Waals surface area (Å²) in [5, 5.41) is 9.65. The first-order valence-corrected chi connectivity index (χ1v) is 8.00. The molecule has 1 aromatic rings. The summed E-state index contributed by atoms with van der Waals surface area (Å²) in [5.41, 5.74) is -0.640. The van der Waals surface area contributed by atoms with Crippen LogP contribution in [0.2, 0.25) is 0 Å². The monoisotopic (exact) mass is 309 g/mol. The van der Waals surface area contributed by atoms with Gasteiger partial charge in [0, 0.05) is 39.2 Å². The van der Waals surface area contributed by atoms with Crippen molar-refractivity contribution in [2.24, 2.45) is 5.41 Å². The Morgan fingerprint density at radius 1 is 1.50 bits per heavy atom. The SMILES string of the molecule is COCCC1(C(=O)O)CCCN(CCCn2ccnc2C)C1. The zero-order valence-corrected chi connectivity index (χ0v) is 13.6. The Labute approximate surface area is 132 Å². The van der Waals surface area contributed by atoms with E-state index in [0.29, 0.717) is 19.6 Å². The van der Waals surface area contributed by atoms with E-state index in [4.69, 9.17) is 4.74 Å². The van der Waals surface area contributed by atoms with Crippen LogP contribution in [0.3, 0.4) is 0 Å². The minimum atomic E-state index is -0.681. The second-order valence-corrected chi connectivity index (χ2v) is 6.23. The number of methoxy groups -OCH3 is 1. The van der Waals surface area contributed by atoms with Gasteiger partial charge >= 0.3 is 5.97 Å². The highest BCUT2D eigenvalue weighted by molar-refractivity contribution is 5.75. The maximum Gasteiger partial charge on any atom is 0.311 e. The molecule has 6 heteroatoms. The van der Waals surface area contributed by atoms with E-state index in [0.717, 1.165) is 44.7 Å². The van der Waals surface area contributed by atoms with Crippen LogP contribution in [0.4, 0.5) is 0 Å². The molecule has 1 aliphatic heterocycles. The van der Waals surface area contributed by atoms with Crippen molar-refractivity contribution >= 4 is 5.97 Å². The van der Waals surface area contributed by atoms with Crippen molar-refractivity contribution < 1.29 is 14.6 Å². The molecule has 1 fully saturated rings. The Morgan fingerprint density at radius 2 is 2.32 bits per heavy atom. The van der Waals surface area contributed by atoms with Gasteiger partial charge in [-0.25, -0.2) is 4.98 Å². The average molecular weight is 309 g/mol. The fourth-order valence-corrected chi connectivity index (χ4v) is 3.31. The van der Waals surface area contributed by atoms with Crippen molar-refractivity contribution in [3.05, 3.63) is 18.2 Å². The summed E-state index contributed by atoms with van der Waals surface area (Å²) >= 11 is 0. The number of carbonyl (C=O) groups is 1. The van der Waals surface area contributed by atoms with Gasteiger partial charge < -0.3 is 19.3 Å². The normalized spacial score (nSPS) is 22.8. The van der Waals surface area contributed by atoms with E-state index >= 15 is 0 Å². The molecule has 0 aliphatic carbocycles. The Balaban J connectivity index is 1.86. The Hall–Kier alpha value is -1.40. The molecule has 1 saturated heterocycles. The predicted molar refractivity (Wildman–Crippen MR) is 83.8 cm³/mol. The van der Waals surface area contributed by atoms with Gasteiger partial charge in [0.2, 0.25) is 0 Å². The molecule has 0 bridgehead atoms. The van der Waals surface area contributed by atoms with Gasteiger partial charge in [0.05, 0.1) is 5.41 Å². The van der Waals surface area contributed by atoms with Crippen LogP contribution in [-0.4, -0.2) is 58.9 Å². The van der Waals surface area contributed by atoms with Gasteiger partial charge in [0.25, 0.3) is 0 Å². The van der Waals surface area contributed by atoms with Gasteiger partial charge in [-0.3, -0.25) is 4.79 Å². The minimum Gasteiger partial charge on any atom is -0.481 e. The lowest BCUT2D eigenvalue weighted by Crippen LogP contribution is -2.48. The van der Waals surface area contributed by atoms with E-state index in [1.54, 1.807) is 7.11 Å². The molecule has 1 atom stereocenters. The largest absolute Gasteiger partial charge is 0.481 e. The highest BCUT2D eigenvalue weighted by Gasteiger charge is 2.41. The number of aryl methyl sites for hydroxylation is 2. The molecule has 124 valence electrons. The minimum absolute atomic E-state index is 0.508. The van der Waals surface area contributed by atoms with Gasteiger partial charge in [-0.15, -0.1) is 0 Å². The van der Waals surface area contributed by atoms with Crippen LogP contribution >= 0.6 is 0 Å². The van der Waals surface area contributed by atoms with E-state index in [1.165, 1.54) is 0 Å². The molecule has 6 nitrogen and oxygen atoms in total. The van der Waals surface area contributed by atoms with Crippen molar-refractivity contribution in [1.82, 2.24) is 14.5 Å². The number of hydrogen-bond acceptors (Lipinski definition) is 4. The van der Waals surface area contributed by atoms with Crippen LogP contribution in [0.5, 0.6) is 0 Å². The molecular weight excluding hydrogens is 282 g/mol. The molecule has 0 saturated carbocycles. The van der Waals surface area contributed by atoms with Crippen LogP contribution in [0.15, 0.2) is 12.4 Å². The fourth-order valence-electron chi connectivity index (χ4n) is 3.31. The lowest BCUT2D eigenvalue weighted by atomic mass is 9.77. The van der Waals surface area contributed by atoms with E-state index in [2.05, 4.69) is 14.5 Å². The summed E-state index contributed by atoms with van der Waals surface area (Å²) in [4.78, 5) is 18.2. The van der Waals surface area contributed by atoms with E-state index in [1.807, 2.05) is 19.3 Å². The van der Waals surface area contributed by atoms with E-state index in [-0.39, 0.29) is 0 Å². The van der Waals surface area contributed by atoms with E-state index in [9.17, 15) is 9.90 Å². The standard InChI is InChI=1S/C16H27N3O3/c1-14-17-7-11-19(14)10-4-9-18-8-3-5-16(13-18,15(20)21)6-12-22-2/h7,11H,3-6,8-10,12-13H2,1-2H3,(H,20,21). The second kappa shape index (κ2) is 7.74. The predicted octanol–water partition coefficient (Wildman–Crippen LogP) is 1.78. The number of imidazole rings is 1. The lowest BCUT2D eigenvalue weighted by molar-refractivity contribution is -0.154. The summed E-state index contributed by atoms with van der Waals surface area (Å²) in [5.74, 6) is 0.346. The molecular formula is C16H27N3O3. The number of ether oxygens (including phenoxy) is 1. The molecule has 0 radical (unpaired) electrons. The first-order valence-electron chi connectivity index (χ1n) is 8.00. The van der Waals surface area contributed by atoms with Crippen molar-refractivity contribution in [3.63, 3.8) is 0 Å². The molecule has 0 aromatic carbocycles. The maximum atomic E-state index is 11.7.